The van der Waals surface area contributed by atoms with Crippen molar-refractivity contribution in [2.45, 2.75) is 57.8 Å². The van der Waals surface area contributed by atoms with Crippen molar-refractivity contribution in [2.24, 2.45) is 0 Å². The number of hydrogen-bond donors (Lipinski definition) is 1. The summed E-state index contributed by atoms with van der Waals surface area (Å²) in [5.74, 6) is 0. The summed E-state index contributed by atoms with van der Waals surface area (Å²) in [6, 6.07) is 9.91. The van der Waals surface area contributed by atoms with Gasteiger partial charge in [-0.25, -0.2) is 4.79 Å². The molecule has 1 aromatic carbocycles. The first-order chi connectivity index (χ1) is 11.2. The first-order valence-electron chi connectivity index (χ1n) is 8.52. The lowest BCUT2D eigenvalue weighted by Gasteiger charge is -2.23. The third-order valence-corrected chi connectivity index (χ3v) is 4.17. The lowest BCUT2D eigenvalue weighted by Crippen LogP contribution is -2.35. The number of hydrogen-bond acceptors (Lipinski definition) is 3. The van der Waals surface area contributed by atoms with Gasteiger partial charge in [0.25, 0.3) is 0 Å². The van der Waals surface area contributed by atoms with Crippen molar-refractivity contribution in [3.63, 3.8) is 0 Å². The average Bonchev–Trinajstić information content (AvgIpc) is 3.02. The number of carbonyl (C=O) groups is 1. The van der Waals surface area contributed by atoms with Crippen molar-refractivity contribution >= 4 is 6.09 Å². The zero-order valence-corrected chi connectivity index (χ0v) is 13.9. The maximum atomic E-state index is 12.3. The molecule has 4 nitrogen and oxygen atoms in total. The van der Waals surface area contributed by atoms with E-state index in [-0.39, 0.29) is 18.2 Å². The Kier molecular flexibility index (Phi) is 7.14. The Morgan fingerprint density at radius 3 is 2.96 bits per heavy atom. The molecule has 1 unspecified atom stereocenters. The molecule has 126 valence electrons. The molecule has 1 saturated heterocycles. The summed E-state index contributed by atoms with van der Waals surface area (Å²) < 4.78 is 5.42. The van der Waals surface area contributed by atoms with E-state index in [1.807, 2.05) is 47.4 Å². The van der Waals surface area contributed by atoms with Gasteiger partial charge >= 0.3 is 6.09 Å². The highest BCUT2D eigenvalue weighted by Gasteiger charge is 2.28. The summed E-state index contributed by atoms with van der Waals surface area (Å²) in [5, 5.41) is 9.72. The number of nitrogens with zero attached hydrogens (tertiary/aromatic N) is 1. The van der Waals surface area contributed by atoms with Crippen molar-refractivity contribution in [1.29, 1.82) is 0 Å². The van der Waals surface area contributed by atoms with Gasteiger partial charge in [-0.2, -0.15) is 0 Å². The van der Waals surface area contributed by atoms with Gasteiger partial charge in [-0.05, 0) is 31.2 Å². The van der Waals surface area contributed by atoms with Gasteiger partial charge in [0.05, 0.1) is 6.10 Å². The molecular formula is C19H27NO3. The molecule has 0 radical (unpaired) electrons. The van der Waals surface area contributed by atoms with Gasteiger partial charge in [-0.3, -0.25) is 0 Å². The molecule has 2 rings (SSSR count). The molecule has 0 aromatic heterocycles. The first kappa shape index (κ1) is 17.5. The van der Waals surface area contributed by atoms with E-state index in [2.05, 4.69) is 6.92 Å². The van der Waals surface area contributed by atoms with Crippen LogP contribution in [0.2, 0.25) is 0 Å². The molecule has 1 aliphatic heterocycles. The average molecular weight is 317 g/mol. The molecule has 4 heteroatoms. The molecular weight excluding hydrogens is 290 g/mol. The van der Waals surface area contributed by atoms with Crippen LogP contribution in [0.5, 0.6) is 0 Å². The Labute approximate surface area is 138 Å². The molecule has 1 fully saturated rings. The predicted octanol–water partition coefficient (Wildman–Crippen LogP) is 3.89. The second-order valence-corrected chi connectivity index (χ2v) is 6.05. The van der Waals surface area contributed by atoms with E-state index < -0.39 is 0 Å². The number of aliphatic hydroxyl groups is 1. The third kappa shape index (κ3) is 5.71. The van der Waals surface area contributed by atoms with Crippen molar-refractivity contribution in [1.82, 2.24) is 4.90 Å². The summed E-state index contributed by atoms with van der Waals surface area (Å²) in [7, 11) is 0. The zero-order chi connectivity index (χ0) is 16.5. The highest BCUT2D eigenvalue weighted by Crippen LogP contribution is 2.22. The highest BCUT2D eigenvalue weighted by molar-refractivity contribution is 5.68. The summed E-state index contributed by atoms with van der Waals surface area (Å²) in [6.45, 7) is 3.12. The standard InChI is InChI=1S/C19H27NO3/c1-2-8-18(21)13-6-11-17-12-7-14-20(17)19(22)23-15-16-9-4-3-5-10-16/h3-6,9-10,13,17-18,21H,2,7-8,11-12,14-15H2,1H3/b13-6+/t17-,18?/m1/s1. The Hall–Kier alpha value is -1.81. The summed E-state index contributed by atoms with van der Waals surface area (Å²) in [6.07, 6.45) is 7.76. The van der Waals surface area contributed by atoms with Crippen molar-refractivity contribution in [3.05, 3.63) is 48.0 Å². The number of amides is 1. The summed E-state index contributed by atoms with van der Waals surface area (Å²) in [5.41, 5.74) is 0.999. The molecule has 0 aliphatic carbocycles. The van der Waals surface area contributed by atoms with Crippen LogP contribution in [-0.2, 0) is 11.3 Å². The SMILES string of the molecule is CCCC(O)/C=C/C[C@@H]1CCCN1C(=O)OCc1ccccc1. The highest BCUT2D eigenvalue weighted by atomic mass is 16.6. The van der Waals surface area contributed by atoms with E-state index in [0.717, 1.165) is 44.2 Å². The molecule has 0 spiro atoms. The lowest BCUT2D eigenvalue weighted by atomic mass is 10.1. The molecule has 0 saturated carbocycles. The molecule has 23 heavy (non-hydrogen) atoms. The molecule has 1 N–H and O–H groups in total. The fourth-order valence-corrected chi connectivity index (χ4v) is 2.91. The Morgan fingerprint density at radius 2 is 2.22 bits per heavy atom. The monoisotopic (exact) mass is 317 g/mol. The number of likely N-dealkylation sites (tertiary alicyclic amines) is 1. The number of benzene rings is 1. The van der Waals surface area contributed by atoms with E-state index in [0.29, 0.717) is 6.61 Å². The Morgan fingerprint density at radius 1 is 1.43 bits per heavy atom. The third-order valence-electron chi connectivity index (χ3n) is 4.17. The van der Waals surface area contributed by atoms with Crippen LogP contribution < -0.4 is 0 Å². The molecule has 1 aliphatic rings. The van der Waals surface area contributed by atoms with Crippen LogP contribution in [0.4, 0.5) is 4.79 Å². The van der Waals surface area contributed by atoms with E-state index in [4.69, 9.17) is 4.74 Å². The minimum atomic E-state index is -0.375. The first-order valence-corrected chi connectivity index (χ1v) is 8.52. The molecule has 2 atom stereocenters. The maximum absolute atomic E-state index is 12.3. The second-order valence-electron chi connectivity index (χ2n) is 6.05. The van der Waals surface area contributed by atoms with Crippen LogP contribution in [0, 0.1) is 0 Å². The van der Waals surface area contributed by atoms with Crippen LogP contribution in [-0.4, -0.2) is 34.8 Å². The molecule has 0 bridgehead atoms. The number of aliphatic hydroxyl groups excluding tert-OH is 1. The number of carbonyl (C=O) groups excluding carboxylic acids is 1. The van der Waals surface area contributed by atoms with Crippen molar-refractivity contribution < 1.29 is 14.6 Å². The minimum absolute atomic E-state index is 0.184. The van der Waals surface area contributed by atoms with E-state index >= 15 is 0 Å². The maximum Gasteiger partial charge on any atom is 0.410 e. The smallest absolute Gasteiger partial charge is 0.410 e. The van der Waals surface area contributed by atoms with Crippen molar-refractivity contribution in [3.8, 4) is 0 Å². The predicted molar refractivity (Wildman–Crippen MR) is 91.0 cm³/mol. The normalized spacial score (nSPS) is 19.2. The Bertz CT molecular complexity index is 501. The van der Waals surface area contributed by atoms with Gasteiger partial charge < -0.3 is 14.7 Å². The van der Waals surface area contributed by atoms with Gasteiger partial charge in [0, 0.05) is 12.6 Å². The number of rotatable bonds is 7. The van der Waals surface area contributed by atoms with E-state index in [1.165, 1.54) is 0 Å². The van der Waals surface area contributed by atoms with Crippen LogP contribution >= 0.6 is 0 Å². The molecule has 1 heterocycles. The van der Waals surface area contributed by atoms with Crippen LogP contribution in [0.3, 0.4) is 0 Å². The Balaban J connectivity index is 1.79. The van der Waals surface area contributed by atoms with E-state index in [9.17, 15) is 9.90 Å². The van der Waals surface area contributed by atoms with Gasteiger partial charge in [-0.1, -0.05) is 55.8 Å². The van der Waals surface area contributed by atoms with Crippen LogP contribution in [0.15, 0.2) is 42.5 Å². The second kappa shape index (κ2) is 9.36. The fourth-order valence-electron chi connectivity index (χ4n) is 2.91. The van der Waals surface area contributed by atoms with Crippen molar-refractivity contribution in [2.75, 3.05) is 6.54 Å². The fraction of sp³-hybridized carbons (Fsp3) is 0.526. The van der Waals surface area contributed by atoms with Gasteiger partial charge in [0.1, 0.15) is 6.61 Å². The summed E-state index contributed by atoms with van der Waals surface area (Å²) >= 11 is 0. The zero-order valence-electron chi connectivity index (χ0n) is 13.9. The largest absolute Gasteiger partial charge is 0.445 e. The number of ether oxygens (including phenoxy) is 1. The lowest BCUT2D eigenvalue weighted by molar-refractivity contribution is 0.0924. The summed E-state index contributed by atoms with van der Waals surface area (Å²) in [4.78, 5) is 14.1. The van der Waals surface area contributed by atoms with Gasteiger partial charge in [-0.15, -0.1) is 0 Å². The topological polar surface area (TPSA) is 49.8 Å². The van der Waals surface area contributed by atoms with Gasteiger partial charge in [0.2, 0.25) is 0 Å². The van der Waals surface area contributed by atoms with Crippen LogP contribution in [0.25, 0.3) is 0 Å². The molecule has 1 aromatic rings. The van der Waals surface area contributed by atoms with E-state index in [1.54, 1.807) is 0 Å². The molecule has 1 amide bonds. The minimum Gasteiger partial charge on any atom is -0.445 e. The quantitative estimate of drug-likeness (QED) is 0.776. The van der Waals surface area contributed by atoms with Gasteiger partial charge in [0.15, 0.2) is 0 Å². The van der Waals surface area contributed by atoms with Crippen LogP contribution in [0.1, 0.15) is 44.6 Å².